The molecule has 3 aliphatic heterocycles. The molecule has 4 heterocycles. The van der Waals surface area contributed by atoms with Crippen molar-refractivity contribution in [2.24, 2.45) is 0 Å². The van der Waals surface area contributed by atoms with Gasteiger partial charge in [-0.3, -0.25) is 9.69 Å². The van der Waals surface area contributed by atoms with E-state index in [2.05, 4.69) is 80.3 Å². The minimum atomic E-state index is -4.91. The number of halogens is 4. The molecule has 0 saturated carbocycles. The van der Waals surface area contributed by atoms with Crippen LogP contribution in [0, 0.1) is 17.1 Å². The van der Waals surface area contributed by atoms with Gasteiger partial charge in [-0.1, -0.05) is 93.6 Å². The van der Waals surface area contributed by atoms with Gasteiger partial charge in [0.15, 0.2) is 0 Å². The number of likely N-dealkylation sites (tertiary alicyclic amines) is 1. The molecule has 3 atom stereocenters. The van der Waals surface area contributed by atoms with E-state index in [-0.39, 0.29) is 67.3 Å². The van der Waals surface area contributed by atoms with E-state index in [1.165, 1.54) is 27.4 Å². The predicted molar refractivity (Wildman–Crippen MR) is 243 cm³/mol. The lowest BCUT2D eigenvalue weighted by Crippen LogP contribution is -2.67. The highest BCUT2D eigenvalue weighted by atomic mass is 28.4. The van der Waals surface area contributed by atoms with Gasteiger partial charge in [0, 0.05) is 56.9 Å². The highest BCUT2D eigenvalue weighted by molar-refractivity contribution is 6.99. The number of ether oxygens (including phenoxy) is 1. The highest BCUT2D eigenvalue weighted by Crippen LogP contribution is 2.42. The maximum absolute atomic E-state index is 14.8. The van der Waals surface area contributed by atoms with Crippen LogP contribution in [-0.4, -0.2) is 124 Å². The Hall–Kier alpha value is -5.34. The Morgan fingerprint density at radius 3 is 2.23 bits per heavy atom. The molecule has 3 aromatic carbocycles. The van der Waals surface area contributed by atoms with Crippen LogP contribution < -0.4 is 24.9 Å². The summed E-state index contributed by atoms with van der Waals surface area (Å²) in [6, 6.07) is 26.2. The number of hydrogen-bond acceptors (Lipinski definition) is 10. The fourth-order valence-electron chi connectivity index (χ4n) is 9.48. The van der Waals surface area contributed by atoms with Crippen molar-refractivity contribution >= 4 is 36.1 Å². The van der Waals surface area contributed by atoms with Gasteiger partial charge in [-0.05, 0) is 61.5 Å². The molecule has 0 aliphatic carbocycles. The van der Waals surface area contributed by atoms with Gasteiger partial charge in [-0.25, -0.2) is 4.39 Å². The maximum atomic E-state index is 14.8. The summed E-state index contributed by atoms with van der Waals surface area (Å²) in [5.74, 6) is -0.964. The summed E-state index contributed by atoms with van der Waals surface area (Å²) < 4.78 is 71.6. The molecule has 3 aliphatic rings. The van der Waals surface area contributed by atoms with Crippen LogP contribution in [0.1, 0.15) is 50.4 Å². The number of nitriles is 1. The van der Waals surface area contributed by atoms with Gasteiger partial charge in [-0.2, -0.15) is 28.4 Å². The minimum absolute atomic E-state index is 0.0395. The Morgan fingerprint density at radius 2 is 1.61 bits per heavy atom. The summed E-state index contributed by atoms with van der Waals surface area (Å²) in [6.07, 6.45) is -0.628. The lowest BCUT2D eigenvalue weighted by Gasteiger charge is -2.44. The standard InChI is InChI=1S/C48H58F4N8O3Si/c1-47(2,3)64(37-15-9-7-10-16-37,38-17-11-8-12-18-38)63-36-29-35(57(6)31-36)33-62-46-54-41-32-58(42-20-13-19-40(49)44(42)48(50,51)52)26-23-39(41)45(55-46)59-27-28-60(34(30-59)22-24-53)43(61)21-14-25-56(4)5/h7-21,34-36H,22-23,25-33H2,1-6H3/b21-14+/t34-,35-,36+/m0/s1. The van der Waals surface area contributed by atoms with E-state index in [0.717, 1.165) is 11.6 Å². The number of likely N-dealkylation sites (N-methyl/N-ethyl adjacent to an activating group) is 2. The summed E-state index contributed by atoms with van der Waals surface area (Å²) in [5.41, 5.74) is -0.364. The predicted octanol–water partition coefficient (Wildman–Crippen LogP) is 6.27. The van der Waals surface area contributed by atoms with Crippen LogP contribution in [-0.2, 0) is 28.4 Å². The molecule has 4 aromatic rings. The van der Waals surface area contributed by atoms with Crippen LogP contribution in [0.25, 0.3) is 0 Å². The minimum Gasteiger partial charge on any atom is -0.462 e. The normalized spacial score (nSPS) is 19.9. The van der Waals surface area contributed by atoms with Crippen molar-refractivity contribution in [2.45, 2.75) is 76.0 Å². The molecule has 0 N–H and O–H groups in total. The van der Waals surface area contributed by atoms with Crippen LogP contribution in [0.4, 0.5) is 29.1 Å². The number of nitrogens with zero attached hydrogens (tertiary/aromatic N) is 8. The van der Waals surface area contributed by atoms with Crippen LogP contribution in [0.5, 0.6) is 6.01 Å². The van der Waals surface area contributed by atoms with Gasteiger partial charge >= 0.3 is 12.2 Å². The number of anilines is 2. The van der Waals surface area contributed by atoms with E-state index in [9.17, 15) is 27.6 Å². The van der Waals surface area contributed by atoms with Crippen molar-refractivity contribution in [1.29, 1.82) is 5.26 Å². The van der Waals surface area contributed by atoms with Crippen LogP contribution >= 0.6 is 0 Å². The van der Waals surface area contributed by atoms with Gasteiger partial charge in [-0.15, -0.1) is 0 Å². The molecule has 0 bridgehead atoms. The second-order valence-electron chi connectivity index (χ2n) is 18.3. The van der Waals surface area contributed by atoms with Crippen LogP contribution in [0.2, 0.25) is 5.04 Å². The summed E-state index contributed by atoms with van der Waals surface area (Å²) in [6.45, 7) is 9.41. The van der Waals surface area contributed by atoms with Gasteiger partial charge in [0.1, 0.15) is 23.8 Å². The molecule has 16 heteroatoms. The lowest BCUT2D eigenvalue weighted by atomic mass is 10.0. The van der Waals surface area contributed by atoms with E-state index in [4.69, 9.17) is 19.1 Å². The summed E-state index contributed by atoms with van der Waals surface area (Å²) in [5, 5.41) is 12.0. The molecule has 1 aromatic heterocycles. The third-order valence-electron chi connectivity index (χ3n) is 12.6. The number of amides is 1. The van der Waals surface area contributed by atoms with E-state index < -0.39 is 31.9 Å². The zero-order valence-electron chi connectivity index (χ0n) is 37.5. The Morgan fingerprint density at radius 1 is 0.922 bits per heavy atom. The van der Waals surface area contributed by atoms with Gasteiger partial charge in [0.2, 0.25) is 5.91 Å². The first-order chi connectivity index (χ1) is 30.5. The van der Waals surface area contributed by atoms with E-state index in [1.54, 1.807) is 17.1 Å². The Kier molecular flexibility index (Phi) is 14.1. The fourth-order valence-corrected chi connectivity index (χ4v) is 14.2. The summed E-state index contributed by atoms with van der Waals surface area (Å²) >= 11 is 0. The highest BCUT2D eigenvalue weighted by Gasteiger charge is 2.52. The topological polar surface area (TPSA) is 101 Å². The summed E-state index contributed by atoms with van der Waals surface area (Å²) in [4.78, 5) is 32.6. The average molecular weight is 899 g/mol. The largest absolute Gasteiger partial charge is 0.462 e. The Bertz CT molecular complexity index is 2280. The van der Waals surface area contributed by atoms with Crippen molar-refractivity contribution in [3.05, 3.63) is 114 Å². The van der Waals surface area contributed by atoms with E-state index >= 15 is 0 Å². The maximum Gasteiger partial charge on any atom is 0.421 e. The van der Waals surface area contributed by atoms with E-state index in [1.807, 2.05) is 43.1 Å². The van der Waals surface area contributed by atoms with Gasteiger partial charge in [0.25, 0.3) is 8.32 Å². The number of alkyl halides is 3. The van der Waals surface area contributed by atoms with Crippen molar-refractivity contribution in [2.75, 3.05) is 76.8 Å². The number of carbonyl (C=O) groups is 1. The zero-order valence-corrected chi connectivity index (χ0v) is 38.5. The molecule has 2 fully saturated rings. The molecule has 1 amide bonds. The van der Waals surface area contributed by atoms with Crippen LogP contribution in [0.15, 0.2) is 91.0 Å². The number of carbonyl (C=O) groups excluding carboxylic acids is 1. The van der Waals surface area contributed by atoms with Crippen molar-refractivity contribution in [3.8, 4) is 12.1 Å². The first-order valence-electron chi connectivity index (χ1n) is 21.9. The Balaban J connectivity index is 1.17. The average Bonchev–Trinajstić information content (AvgIpc) is 3.61. The van der Waals surface area contributed by atoms with Crippen molar-refractivity contribution in [1.82, 2.24) is 24.7 Å². The quantitative estimate of drug-likeness (QED) is 0.0868. The third-order valence-corrected chi connectivity index (χ3v) is 17.7. The fraction of sp³-hybridized carbons (Fsp3) is 0.458. The second kappa shape index (κ2) is 19.4. The van der Waals surface area contributed by atoms with Crippen molar-refractivity contribution in [3.63, 3.8) is 0 Å². The molecular formula is C48H58F4N8O3Si. The molecular weight excluding hydrogens is 841 g/mol. The first-order valence-corrected chi connectivity index (χ1v) is 23.8. The molecule has 340 valence electrons. The van der Waals surface area contributed by atoms with Crippen molar-refractivity contribution < 1.29 is 31.5 Å². The molecule has 2 saturated heterocycles. The summed E-state index contributed by atoms with van der Waals surface area (Å²) in [7, 11) is 3.03. The number of aromatic nitrogens is 2. The van der Waals surface area contributed by atoms with E-state index in [0.29, 0.717) is 50.7 Å². The molecule has 64 heavy (non-hydrogen) atoms. The monoisotopic (exact) mass is 898 g/mol. The molecule has 0 radical (unpaired) electrons. The molecule has 7 rings (SSSR count). The van der Waals surface area contributed by atoms with Gasteiger partial charge < -0.3 is 28.8 Å². The van der Waals surface area contributed by atoms with Crippen LogP contribution in [0.3, 0.4) is 0 Å². The third kappa shape index (κ3) is 9.97. The molecule has 0 spiro atoms. The number of hydrogen-bond donors (Lipinski definition) is 0. The number of piperazine rings is 1. The number of fused-ring (bicyclic) bond motifs is 1. The lowest BCUT2D eigenvalue weighted by molar-refractivity contribution is -0.139. The molecule has 11 nitrogen and oxygen atoms in total. The molecule has 0 unspecified atom stereocenters. The zero-order chi connectivity index (χ0) is 45.8. The SMILES string of the molecule is CN(C)C/C=C/C(=O)N1CCN(c2nc(OC[C@@H]3C[C@@H](O[Si](c4ccccc4)(c4ccccc4)C(C)(C)C)CN3C)nc3c2CCN(c2cccc(F)c2C(F)(F)F)C3)C[C@@H]1CC#N. The Labute approximate surface area is 375 Å². The smallest absolute Gasteiger partial charge is 0.421 e. The van der Waals surface area contributed by atoms with Gasteiger partial charge in [0.05, 0.1) is 42.6 Å². The first kappa shape index (κ1) is 46.6. The number of rotatable bonds is 13. The second-order valence-corrected chi connectivity index (χ2v) is 22.5. The number of benzene rings is 3.